The normalized spacial score (nSPS) is 11.2. The minimum Gasteiger partial charge on any atom is -0.497 e. The Bertz CT molecular complexity index is 466. The number of nitrogens with one attached hydrogen (secondary N) is 1. The van der Waals surface area contributed by atoms with Gasteiger partial charge in [-0.15, -0.1) is 0 Å². The first-order valence-corrected chi connectivity index (χ1v) is 5.52. The van der Waals surface area contributed by atoms with Crippen LogP contribution in [0.5, 0.6) is 11.5 Å². The highest BCUT2D eigenvalue weighted by molar-refractivity contribution is 5.97. The van der Waals surface area contributed by atoms with E-state index in [1.165, 1.54) is 7.11 Å². The molecule has 96 valence electrons. The van der Waals surface area contributed by atoms with Crippen molar-refractivity contribution in [1.82, 2.24) is 5.32 Å². The van der Waals surface area contributed by atoms with Crippen LogP contribution >= 0.6 is 0 Å². The Morgan fingerprint density at radius 1 is 1.44 bits per heavy atom. The Morgan fingerprint density at radius 3 is 2.72 bits per heavy atom. The molecule has 0 saturated carbocycles. The standard InChI is InChI=1S/C13H16N2O3/c1-9(7-14)8-15-13(16)11-5-4-10(17-2)6-12(11)18-3/h4-6,9H,8H2,1-3H3,(H,15,16). The van der Waals surface area contributed by atoms with Gasteiger partial charge in [0.15, 0.2) is 0 Å². The molecule has 5 nitrogen and oxygen atoms in total. The van der Waals surface area contributed by atoms with E-state index in [0.717, 1.165) is 0 Å². The maximum absolute atomic E-state index is 11.9. The summed E-state index contributed by atoms with van der Waals surface area (Å²) in [5, 5.41) is 11.3. The molecule has 18 heavy (non-hydrogen) atoms. The van der Waals surface area contributed by atoms with Gasteiger partial charge in [0.2, 0.25) is 0 Å². The number of ether oxygens (including phenoxy) is 2. The largest absolute Gasteiger partial charge is 0.497 e. The fourth-order valence-electron chi connectivity index (χ4n) is 1.37. The number of nitrogens with zero attached hydrogens (tertiary/aromatic N) is 1. The van der Waals surface area contributed by atoms with E-state index in [0.29, 0.717) is 23.6 Å². The molecule has 0 spiro atoms. The Kier molecular flexibility index (Phi) is 5.00. The highest BCUT2D eigenvalue weighted by atomic mass is 16.5. The zero-order valence-corrected chi connectivity index (χ0v) is 10.7. The highest BCUT2D eigenvalue weighted by Crippen LogP contribution is 2.24. The van der Waals surface area contributed by atoms with Crippen LogP contribution in [0, 0.1) is 17.2 Å². The van der Waals surface area contributed by atoms with Crippen molar-refractivity contribution in [3.05, 3.63) is 23.8 Å². The number of hydrogen-bond acceptors (Lipinski definition) is 4. The van der Waals surface area contributed by atoms with Crippen LogP contribution < -0.4 is 14.8 Å². The van der Waals surface area contributed by atoms with Crippen LogP contribution in [0.1, 0.15) is 17.3 Å². The van der Waals surface area contributed by atoms with Gasteiger partial charge in [0.1, 0.15) is 11.5 Å². The summed E-state index contributed by atoms with van der Waals surface area (Å²) < 4.78 is 10.2. The summed E-state index contributed by atoms with van der Waals surface area (Å²) in [6.07, 6.45) is 0. The van der Waals surface area contributed by atoms with Crippen LogP contribution in [0.2, 0.25) is 0 Å². The molecule has 0 radical (unpaired) electrons. The summed E-state index contributed by atoms with van der Waals surface area (Å²) in [7, 11) is 3.03. The third-order valence-electron chi connectivity index (χ3n) is 2.44. The summed E-state index contributed by atoms with van der Waals surface area (Å²) in [5.41, 5.74) is 0.420. The highest BCUT2D eigenvalue weighted by Gasteiger charge is 2.13. The molecule has 0 fully saturated rings. The molecule has 1 atom stereocenters. The molecule has 0 aromatic heterocycles. The zero-order chi connectivity index (χ0) is 13.5. The van der Waals surface area contributed by atoms with Gasteiger partial charge in [0.05, 0.1) is 31.8 Å². The summed E-state index contributed by atoms with van der Waals surface area (Å²) in [5.74, 6) is 0.569. The number of benzene rings is 1. The first-order valence-electron chi connectivity index (χ1n) is 5.52. The quantitative estimate of drug-likeness (QED) is 0.859. The second-order valence-corrected chi connectivity index (χ2v) is 3.81. The molecule has 0 aliphatic heterocycles. The van der Waals surface area contributed by atoms with Crippen LogP contribution in [-0.2, 0) is 0 Å². The van der Waals surface area contributed by atoms with Gasteiger partial charge in [-0.25, -0.2) is 0 Å². The van der Waals surface area contributed by atoms with E-state index in [1.54, 1.807) is 32.2 Å². The Labute approximate surface area is 106 Å². The third-order valence-corrected chi connectivity index (χ3v) is 2.44. The first-order chi connectivity index (χ1) is 8.62. The molecule has 0 saturated heterocycles. The van der Waals surface area contributed by atoms with Crippen LogP contribution in [0.3, 0.4) is 0 Å². The van der Waals surface area contributed by atoms with Crippen molar-refractivity contribution in [2.24, 2.45) is 5.92 Å². The number of amides is 1. The fraction of sp³-hybridized carbons (Fsp3) is 0.385. The number of methoxy groups -OCH3 is 2. The summed E-state index contributed by atoms with van der Waals surface area (Å²) in [6.45, 7) is 2.05. The number of carbonyl (C=O) groups is 1. The lowest BCUT2D eigenvalue weighted by Crippen LogP contribution is -2.28. The maximum Gasteiger partial charge on any atom is 0.255 e. The SMILES string of the molecule is COc1ccc(C(=O)NCC(C)C#N)c(OC)c1. The van der Waals surface area contributed by atoms with E-state index in [-0.39, 0.29) is 11.8 Å². The van der Waals surface area contributed by atoms with Gasteiger partial charge in [-0.1, -0.05) is 0 Å². The molecule has 0 bridgehead atoms. The number of rotatable bonds is 5. The predicted molar refractivity (Wildman–Crippen MR) is 66.7 cm³/mol. The van der Waals surface area contributed by atoms with E-state index in [1.807, 2.05) is 0 Å². The molecule has 1 rings (SSSR count). The summed E-state index contributed by atoms with van der Waals surface area (Å²) >= 11 is 0. The fourth-order valence-corrected chi connectivity index (χ4v) is 1.37. The van der Waals surface area contributed by atoms with E-state index in [4.69, 9.17) is 14.7 Å². The molecule has 5 heteroatoms. The Balaban J connectivity index is 2.82. The van der Waals surface area contributed by atoms with Crippen molar-refractivity contribution in [3.8, 4) is 17.6 Å². The Hall–Kier alpha value is -2.22. The van der Waals surface area contributed by atoms with Crippen LogP contribution in [0.4, 0.5) is 0 Å². The Morgan fingerprint density at radius 2 is 2.17 bits per heavy atom. The van der Waals surface area contributed by atoms with Crippen molar-refractivity contribution in [3.63, 3.8) is 0 Å². The molecular formula is C13H16N2O3. The minimum atomic E-state index is -0.267. The van der Waals surface area contributed by atoms with Crippen molar-refractivity contribution >= 4 is 5.91 Å². The molecule has 1 aromatic rings. The molecule has 1 aromatic carbocycles. The zero-order valence-electron chi connectivity index (χ0n) is 10.7. The van der Waals surface area contributed by atoms with Crippen LogP contribution in [-0.4, -0.2) is 26.7 Å². The monoisotopic (exact) mass is 248 g/mol. The summed E-state index contributed by atoms with van der Waals surface area (Å²) in [6, 6.07) is 7.01. The van der Waals surface area contributed by atoms with Crippen molar-refractivity contribution in [2.75, 3.05) is 20.8 Å². The molecular weight excluding hydrogens is 232 g/mol. The molecule has 0 aliphatic rings. The number of hydrogen-bond donors (Lipinski definition) is 1. The average molecular weight is 248 g/mol. The third kappa shape index (κ3) is 3.39. The van der Waals surface area contributed by atoms with E-state index >= 15 is 0 Å². The van der Waals surface area contributed by atoms with E-state index in [2.05, 4.69) is 11.4 Å². The van der Waals surface area contributed by atoms with E-state index < -0.39 is 0 Å². The lowest BCUT2D eigenvalue weighted by Gasteiger charge is -2.11. The predicted octanol–water partition coefficient (Wildman–Crippen LogP) is 1.59. The second kappa shape index (κ2) is 6.50. The van der Waals surface area contributed by atoms with E-state index in [9.17, 15) is 4.79 Å². The molecule has 1 unspecified atom stereocenters. The minimum absolute atomic E-state index is 0.224. The summed E-state index contributed by atoms with van der Waals surface area (Å²) in [4.78, 5) is 11.9. The lowest BCUT2D eigenvalue weighted by atomic mass is 10.1. The molecule has 1 N–H and O–H groups in total. The molecule has 1 amide bonds. The van der Waals surface area contributed by atoms with Crippen molar-refractivity contribution in [1.29, 1.82) is 5.26 Å². The van der Waals surface area contributed by atoms with Gasteiger partial charge in [0.25, 0.3) is 5.91 Å². The smallest absolute Gasteiger partial charge is 0.255 e. The van der Waals surface area contributed by atoms with Gasteiger partial charge in [-0.3, -0.25) is 4.79 Å². The van der Waals surface area contributed by atoms with Gasteiger partial charge < -0.3 is 14.8 Å². The number of carbonyl (C=O) groups excluding carboxylic acids is 1. The van der Waals surface area contributed by atoms with Crippen LogP contribution in [0.25, 0.3) is 0 Å². The first kappa shape index (κ1) is 13.8. The topological polar surface area (TPSA) is 71.3 Å². The maximum atomic E-state index is 11.9. The van der Waals surface area contributed by atoms with Crippen molar-refractivity contribution < 1.29 is 14.3 Å². The van der Waals surface area contributed by atoms with Gasteiger partial charge >= 0.3 is 0 Å². The van der Waals surface area contributed by atoms with Gasteiger partial charge in [-0.2, -0.15) is 5.26 Å². The van der Waals surface area contributed by atoms with Gasteiger partial charge in [0, 0.05) is 12.6 Å². The average Bonchev–Trinajstić information content (AvgIpc) is 2.43. The number of nitriles is 1. The van der Waals surface area contributed by atoms with Crippen molar-refractivity contribution in [2.45, 2.75) is 6.92 Å². The molecule has 0 aliphatic carbocycles. The van der Waals surface area contributed by atoms with Crippen LogP contribution in [0.15, 0.2) is 18.2 Å². The molecule has 0 heterocycles. The second-order valence-electron chi connectivity index (χ2n) is 3.81. The van der Waals surface area contributed by atoms with Gasteiger partial charge in [-0.05, 0) is 19.1 Å². The lowest BCUT2D eigenvalue weighted by molar-refractivity contribution is 0.0947.